The van der Waals surface area contributed by atoms with E-state index >= 15 is 0 Å². The fourth-order valence-corrected chi connectivity index (χ4v) is 3.76. The Morgan fingerprint density at radius 3 is 2.95 bits per heavy atom. The van der Waals surface area contributed by atoms with Gasteiger partial charge < -0.3 is 11.1 Å². The van der Waals surface area contributed by atoms with Gasteiger partial charge in [-0.05, 0) is 32.6 Å². The van der Waals surface area contributed by atoms with E-state index in [4.69, 9.17) is 5.73 Å². The van der Waals surface area contributed by atoms with Gasteiger partial charge in [-0.25, -0.2) is 4.98 Å². The highest BCUT2D eigenvalue weighted by atomic mass is 32.1. The van der Waals surface area contributed by atoms with Gasteiger partial charge in [0.1, 0.15) is 0 Å². The normalized spacial score (nSPS) is 23.2. The Bertz CT molecular complexity index is 610. The molecule has 1 fully saturated rings. The highest BCUT2D eigenvalue weighted by Crippen LogP contribution is 2.24. The van der Waals surface area contributed by atoms with E-state index in [9.17, 15) is 4.79 Å². The molecule has 0 unspecified atom stereocenters. The van der Waals surface area contributed by atoms with E-state index in [1.54, 1.807) is 11.3 Å². The second-order valence-corrected chi connectivity index (χ2v) is 6.40. The SMILES string of the molecule is Cc1nc2sccn2c1CNC1CCC(C(N)=O)CC1. The van der Waals surface area contributed by atoms with Crippen LogP contribution < -0.4 is 11.1 Å². The van der Waals surface area contributed by atoms with Gasteiger partial charge in [-0.2, -0.15) is 0 Å². The van der Waals surface area contributed by atoms with Crippen molar-refractivity contribution in [1.29, 1.82) is 0 Å². The summed E-state index contributed by atoms with van der Waals surface area (Å²) in [4.78, 5) is 16.8. The number of primary amides is 1. The Morgan fingerprint density at radius 2 is 2.25 bits per heavy atom. The molecular formula is C14H20N4OS. The molecule has 0 aromatic carbocycles. The van der Waals surface area contributed by atoms with Crippen molar-refractivity contribution < 1.29 is 4.79 Å². The molecule has 2 aromatic heterocycles. The minimum absolute atomic E-state index is 0.0772. The second kappa shape index (κ2) is 5.54. The number of rotatable bonds is 4. The molecule has 0 bridgehead atoms. The van der Waals surface area contributed by atoms with Gasteiger partial charge in [0, 0.05) is 30.1 Å². The molecule has 3 N–H and O–H groups in total. The maximum Gasteiger partial charge on any atom is 0.220 e. The molecule has 0 atom stereocenters. The Labute approximate surface area is 122 Å². The summed E-state index contributed by atoms with van der Waals surface area (Å²) in [5, 5.41) is 5.66. The Morgan fingerprint density at radius 1 is 1.50 bits per heavy atom. The number of hydrogen-bond donors (Lipinski definition) is 2. The number of fused-ring (bicyclic) bond motifs is 1. The summed E-state index contributed by atoms with van der Waals surface area (Å²) >= 11 is 1.66. The molecule has 1 aliphatic carbocycles. The van der Waals surface area contributed by atoms with Crippen molar-refractivity contribution in [2.45, 2.75) is 45.2 Å². The van der Waals surface area contributed by atoms with Crippen molar-refractivity contribution in [2.24, 2.45) is 11.7 Å². The Balaban J connectivity index is 1.59. The van der Waals surface area contributed by atoms with Crippen LogP contribution in [-0.2, 0) is 11.3 Å². The number of carbonyl (C=O) groups is 1. The summed E-state index contributed by atoms with van der Waals surface area (Å²) in [5.74, 6) is -0.0663. The van der Waals surface area contributed by atoms with Gasteiger partial charge in [0.2, 0.25) is 5.91 Å². The number of thiazole rings is 1. The third kappa shape index (κ3) is 2.58. The first-order valence-corrected chi connectivity index (χ1v) is 7.97. The number of amides is 1. The van der Waals surface area contributed by atoms with Crippen LogP contribution in [0.2, 0.25) is 0 Å². The van der Waals surface area contributed by atoms with Crippen LogP contribution in [0, 0.1) is 12.8 Å². The lowest BCUT2D eigenvalue weighted by atomic mass is 9.85. The zero-order valence-electron chi connectivity index (χ0n) is 11.6. The van der Waals surface area contributed by atoms with Crippen molar-refractivity contribution in [3.8, 4) is 0 Å². The number of aromatic nitrogens is 2. The Hall–Kier alpha value is -1.40. The number of aryl methyl sites for hydroxylation is 1. The number of imidazole rings is 1. The third-order valence-electron chi connectivity index (χ3n) is 4.25. The molecule has 0 aliphatic heterocycles. The molecule has 5 nitrogen and oxygen atoms in total. The molecule has 3 rings (SSSR count). The van der Waals surface area contributed by atoms with E-state index < -0.39 is 0 Å². The van der Waals surface area contributed by atoms with E-state index in [2.05, 4.69) is 33.2 Å². The highest BCUT2D eigenvalue weighted by molar-refractivity contribution is 7.15. The third-order valence-corrected chi connectivity index (χ3v) is 5.01. The predicted octanol–water partition coefficient (Wildman–Crippen LogP) is 1.84. The number of carbonyl (C=O) groups excluding carboxylic acids is 1. The lowest BCUT2D eigenvalue weighted by molar-refractivity contribution is -0.122. The number of nitrogens with zero attached hydrogens (tertiary/aromatic N) is 2. The van der Waals surface area contributed by atoms with E-state index in [1.807, 2.05) is 0 Å². The first-order valence-electron chi connectivity index (χ1n) is 7.09. The first kappa shape index (κ1) is 13.6. The van der Waals surface area contributed by atoms with Crippen molar-refractivity contribution in [3.05, 3.63) is 23.0 Å². The minimum atomic E-state index is -0.143. The molecule has 1 amide bonds. The summed E-state index contributed by atoms with van der Waals surface area (Å²) in [6.07, 6.45) is 5.94. The second-order valence-electron chi connectivity index (χ2n) is 5.53. The molecule has 0 radical (unpaired) electrons. The van der Waals surface area contributed by atoms with Crippen molar-refractivity contribution in [2.75, 3.05) is 0 Å². The average Bonchev–Trinajstić information content (AvgIpc) is 2.98. The monoisotopic (exact) mass is 292 g/mol. The molecule has 20 heavy (non-hydrogen) atoms. The van der Waals surface area contributed by atoms with Gasteiger partial charge >= 0.3 is 0 Å². The Kier molecular flexibility index (Phi) is 3.76. The molecule has 1 saturated carbocycles. The van der Waals surface area contributed by atoms with Crippen molar-refractivity contribution in [1.82, 2.24) is 14.7 Å². The van der Waals surface area contributed by atoms with Crippen LogP contribution in [0.25, 0.3) is 4.96 Å². The van der Waals surface area contributed by atoms with Crippen molar-refractivity contribution >= 4 is 22.2 Å². The summed E-state index contributed by atoms with van der Waals surface area (Å²) in [7, 11) is 0. The van der Waals surface area contributed by atoms with Gasteiger partial charge in [0.15, 0.2) is 4.96 Å². The van der Waals surface area contributed by atoms with E-state index in [0.29, 0.717) is 6.04 Å². The van der Waals surface area contributed by atoms with E-state index in [-0.39, 0.29) is 11.8 Å². The van der Waals surface area contributed by atoms with Crippen LogP contribution in [0.4, 0.5) is 0 Å². The van der Waals surface area contributed by atoms with Crippen LogP contribution in [0.5, 0.6) is 0 Å². The molecular weight excluding hydrogens is 272 g/mol. The fourth-order valence-electron chi connectivity index (χ4n) is 2.98. The lowest BCUT2D eigenvalue weighted by Gasteiger charge is -2.27. The molecule has 2 aromatic rings. The minimum Gasteiger partial charge on any atom is -0.369 e. The number of hydrogen-bond acceptors (Lipinski definition) is 4. The summed E-state index contributed by atoms with van der Waals surface area (Å²) < 4.78 is 2.15. The van der Waals surface area contributed by atoms with Gasteiger partial charge in [0.05, 0.1) is 11.4 Å². The summed E-state index contributed by atoms with van der Waals surface area (Å²) in [5.41, 5.74) is 7.69. The van der Waals surface area contributed by atoms with E-state index in [0.717, 1.165) is 42.9 Å². The maximum atomic E-state index is 11.2. The zero-order chi connectivity index (χ0) is 14.1. The van der Waals surface area contributed by atoms with Crippen LogP contribution in [0.3, 0.4) is 0 Å². The summed E-state index contributed by atoms with van der Waals surface area (Å²) in [6, 6.07) is 0.481. The van der Waals surface area contributed by atoms with Crippen LogP contribution in [0.1, 0.15) is 37.1 Å². The quantitative estimate of drug-likeness (QED) is 0.903. The highest BCUT2D eigenvalue weighted by Gasteiger charge is 2.24. The van der Waals surface area contributed by atoms with E-state index in [1.165, 1.54) is 5.69 Å². The molecule has 0 saturated heterocycles. The number of nitrogens with two attached hydrogens (primary N) is 1. The maximum absolute atomic E-state index is 11.2. The van der Waals surface area contributed by atoms with Gasteiger partial charge in [-0.1, -0.05) is 0 Å². The molecule has 108 valence electrons. The fraction of sp³-hybridized carbons (Fsp3) is 0.571. The van der Waals surface area contributed by atoms with Crippen LogP contribution >= 0.6 is 11.3 Å². The topological polar surface area (TPSA) is 72.4 Å². The first-order chi connectivity index (χ1) is 9.65. The van der Waals surface area contributed by atoms with Gasteiger partial charge in [0.25, 0.3) is 0 Å². The van der Waals surface area contributed by atoms with Gasteiger partial charge in [-0.15, -0.1) is 11.3 Å². The molecule has 2 heterocycles. The molecule has 1 aliphatic rings. The predicted molar refractivity (Wildman–Crippen MR) is 79.6 cm³/mol. The molecule has 6 heteroatoms. The standard InChI is InChI=1S/C14H20N4OS/c1-9-12(18-6-7-20-14(18)17-9)8-16-11-4-2-10(3-5-11)13(15)19/h6-7,10-11,16H,2-5,8H2,1H3,(H2,15,19). The van der Waals surface area contributed by atoms with Crippen LogP contribution in [0.15, 0.2) is 11.6 Å². The number of nitrogens with one attached hydrogen (secondary N) is 1. The molecule has 0 spiro atoms. The lowest BCUT2D eigenvalue weighted by Crippen LogP contribution is -2.36. The smallest absolute Gasteiger partial charge is 0.220 e. The largest absolute Gasteiger partial charge is 0.369 e. The zero-order valence-corrected chi connectivity index (χ0v) is 12.4. The van der Waals surface area contributed by atoms with Crippen LogP contribution in [-0.4, -0.2) is 21.3 Å². The summed E-state index contributed by atoms with van der Waals surface area (Å²) in [6.45, 7) is 2.89. The van der Waals surface area contributed by atoms with Crippen molar-refractivity contribution in [3.63, 3.8) is 0 Å². The average molecular weight is 292 g/mol. The van der Waals surface area contributed by atoms with Gasteiger partial charge in [-0.3, -0.25) is 9.20 Å².